The molecule has 3 aliphatic rings. The lowest BCUT2D eigenvalue weighted by molar-refractivity contribution is -0.974. The number of aryl methyl sites for hydroxylation is 1. The summed E-state index contributed by atoms with van der Waals surface area (Å²) in [6.45, 7) is -2.50. The lowest BCUT2D eigenvalue weighted by atomic mass is 9.71. The number of aromatic nitrogens is 4. The van der Waals surface area contributed by atoms with E-state index in [0.29, 0.717) is 6.20 Å². The molecule has 0 spiro atoms. The molecule has 3 aromatic rings. The van der Waals surface area contributed by atoms with E-state index in [9.17, 15) is 132 Å². The number of halogens is 34. The smallest absolute Gasteiger partial charge is 0.361 e. The van der Waals surface area contributed by atoms with Gasteiger partial charge in [-0.05, 0) is 23.6 Å². The molecule has 0 radical (unpaired) electrons. The molecule has 0 amide bonds. The van der Waals surface area contributed by atoms with Gasteiger partial charge in [-0.15, -0.1) is 11.7 Å². The molecule has 0 saturated carbocycles. The molecular weight excluding hydrogens is 1240 g/mol. The van der Waals surface area contributed by atoms with Gasteiger partial charge in [0.25, 0.3) is 0 Å². The predicted octanol–water partition coefficient (Wildman–Crippen LogP) is 15.3. The Kier molecular flexibility index (Phi) is 16.8. The van der Waals surface area contributed by atoms with Gasteiger partial charge >= 0.3 is 95.3 Å². The van der Waals surface area contributed by atoms with Crippen LogP contribution in [0.2, 0.25) is 0 Å². The van der Waals surface area contributed by atoms with Gasteiger partial charge in [-0.2, -0.15) is 149 Å². The van der Waals surface area contributed by atoms with Crippen molar-refractivity contribution < 1.29 is 158 Å². The number of nitrogens with zero attached hydrogens (tertiary/aromatic N) is 5. The molecule has 6 rings (SSSR count). The highest BCUT2D eigenvalue weighted by Gasteiger charge is 2.97. The number of rotatable bonds is 24. The maximum absolute atomic E-state index is 15.6. The first-order valence-corrected chi connectivity index (χ1v) is 22.2. The fraction of sp³-hybridized carbons (Fsp3) is 0.690. The van der Waals surface area contributed by atoms with Crippen LogP contribution in [0.4, 0.5) is 149 Å². The molecule has 3 fully saturated rings. The van der Waals surface area contributed by atoms with Gasteiger partial charge < -0.3 is 9.22 Å². The van der Waals surface area contributed by atoms with E-state index >= 15 is 17.6 Å². The van der Waals surface area contributed by atoms with Crippen molar-refractivity contribution in [1.29, 1.82) is 0 Å². The van der Waals surface area contributed by atoms with E-state index in [4.69, 9.17) is 4.74 Å². The summed E-state index contributed by atoms with van der Waals surface area (Å²) in [5.74, 6) is -119. The van der Waals surface area contributed by atoms with Crippen molar-refractivity contribution in [3.05, 3.63) is 66.6 Å². The zero-order chi connectivity index (χ0) is 63.5. The monoisotopic (exact) mass is 1270 g/mol. The number of para-hydroxylation sites is 1. The van der Waals surface area contributed by atoms with Gasteiger partial charge in [0.1, 0.15) is 17.8 Å². The topological polar surface area (TPSA) is 52.8 Å². The standard InChI is InChI=1S/C42H32F34N5O/c1-2-19-17-81(14-10-28(45,46)30(49,50)32(53,54)34(57,58)36(61,62)38(65,66)40(69,70)42(74,75)76)13-8-20(19)15-25(81)26(23-7-11-77-24-6-4-3-5-22(23)24)82-18-21-16-80(79-78-21)12-9-27(43,44)29(47,48)31(51,52)33(55,56)35(59,60)37(63,64)39(67,68)41(71,72)73/h2-7,11,16,19-20,25-26H,1,8-10,12-15,17-18H2/q+1/t19-,20-,25-,26-,81?/m0/s1. The molecule has 3 saturated heterocycles. The quantitative estimate of drug-likeness (QED) is 0.0510. The Morgan fingerprint density at radius 2 is 0.988 bits per heavy atom. The largest absolute Gasteiger partial charge is 0.460 e. The van der Waals surface area contributed by atoms with E-state index in [0.717, 1.165) is 18.3 Å². The lowest BCUT2D eigenvalue weighted by Gasteiger charge is -2.59. The van der Waals surface area contributed by atoms with Crippen LogP contribution >= 0.6 is 0 Å². The molecule has 468 valence electrons. The summed E-state index contributed by atoms with van der Waals surface area (Å²) in [4.78, 5) is 4.05. The lowest BCUT2D eigenvalue weighted by Crippen LogP contribution is -2.74. The Morgan fingerprint density at radius 3 is 1.44 bits per heavy atom. The van der Waals surface area contributed by atoms with Crippen LogP contribution in [0.1, 0.15) is 43.0 Å². The molecule has 2 bridgehead atoms. The van der Waals surface area contributed by atoms with Crippen LogP contribution in [0.3, 0.4) is 0 Å². The number of hydrogen-bond donors (Lipinski definition) is 0. The molecule has 0 aliphatic carbocycles. The van der Waals surface area contributed by atoms with Gasteiger partial charge in [0.05, 0.1) is 44.4 Å². The Balaban J connectivity index is 1.47. The summed E-state index contributed by atoms with van der Waals surface area (Å²) in [6.07, 6.45) is -21.7. The number of pyridine rings is 1. The molecule has 5 atom stereocenters. The van der Waals surface area contributed by atoms with Gasteiger partial charge in [-0.3, -0.25) is 9.67 Å². The molecule has 0 N–H and O–H groups in total. The minimum Gasteiger partial charge on any atom is -0.361 e. The molecule has 3 aliphatic heterocycles. The Labute approximate surface area is 434 Å². The van der Waals surface area contributed by atoms with E-state index in [1.807, 2.05) is 0 Å². The average molecular weight is 1270 g/mol. The number of benzene rings is 1. The van der Waals surface area contributed by atoms with Crippen molar-refractivity contribution in [1.82, 2.24) is 20.0 Å². The SMILES string of the molecule is C=C[C@H]1C[N+]2(CCC(F)(F)C(F)(F)C(F)(F)C(F)(F)C(F)(F)C(F)(F)C(F)(F)C(F)(F)F)CC[C@H]1C[C@H]2[C@@H](OCc1cn(CCC(F)(F)C(F)(F)C(F)(F)C(F)(F)C(F)(F)C(F)(F)C(F)(F)C(F)(F)F)nn1)c1ccnc2ccccc12. The highest BCUT2D eigenvalue weighted by atomic mass is 19.4. The average Bonchev–Trinajstić information content (AvgIpc) is 2.62. The fourth-order valence-corrected chi connectivity index (χ4v) is 9.26. The van der Waals surface area contributed by atoms with Gasteiger partial charge in [0, 0.05) is 43.3 Å². The first kappa shape index (κ1) is 67.8. The van der Waals surface area contributed by atoms with Gasteiger partial charge in [0.15, 0.2) is 0 Å². The summed E-state index contributed by atoms with van der Waals surface area (Å²) in [6, 6.07) is 4.80. The Morgan fingerprint density at radius 1 is 0.561 bits per heavy atom. The first-order chi connectivity index (χ1) is 36.5. The van der Waals surface area contributed by atoms with Crippen LogP contribution in [0, 0.1) is 11.8 Å². The number of ether oxygens (including phenoxy) is 1. The molecule has 6 nitrogen and oxygen atoms in total. The fourth-order valence-electron chi connectivity index (χ4n) is 9.26. The zero-order valence-electron chi connectivity index (χ0n) is 39.5. The molecule has 2 aromatic heterocycles. The summed E-state index contributed by atoms with van der Waals surface area (Å²) < 4.78 is 481. The maximum atomic E-state index is 15.6. The second kappa shape index (κ2) is 20.4. The van der Waals surface area contributed by atoms with Crippen molar-refractivity contribution in [3.8, 4) is 0 Å². The predicted molar refractivity (Wildman–Crippen MR) is 205 cm³/mol. The molecule has 1 aromatic carbocycles. The van der Waals surface area contributed by atoms with E-state index in [1.165, 1.54) is 24.3 Å². The minimum atomic E-state index is -8.91. The summed E-state index contributed by atoms with van der Waals surface area (Å²) in [7, 11) is 0. The highest BCUT2D eigenvalue weighted by Crippen LogP contribution is 2.67. The van der Waals surface area contributed by atoms with Crippen LogP contribution in [0.5, 0.6) is 0 Å². The van der Waals surface area contributed by atoms with Crippen molar-refractivity contribution in [2.75, 3.05) is 19.6 Å². The Bertz CT molecular complexity index is 2760. The first-order valence-electron chi connectivity index (χ1n) is 22.2. The third-order valence-corrected chi connectivity index (χ3v) is 14.1. The minimum absolute atomic E-state index is 0.0355. The van der Waals surface area contributed by atoms with Crippen molar-refractivity contribution in [2.24, 2.45) is 11.8 Å². The van der Waals surface area contributed by atoms with Crippen LogP contribution in [0.15, 0.2) is 55.4 Å². The van der Waals surface area contributed by atoms with Crippen molar-refractivity contribution in [3.63, 3.8) is 0 Å². The summed E-state index contributed by atoms with van der Waals surface area (Å²) >= 11 is 0. The Hall–Kier alpha value is -4.95. The number of hydrogen-bond acceptors (Lipinski definition) is 4. The number of alkyl halides is 34. The third-order valence-electron chi connectivity index (χ3n) is 14.1. The van der Waals surface area contributed by atoms with E-state index in [-0.39, 0.29) is 34.0 Å². The molecule has 5 heterocycles. The van der Waals surface area contributed by atoms with Crippen LogP contribution in [-0.2, 0) is 17.9 Å². The highest BCUT2D eigenvalue weighted by molar-refractivity contribution is 5.82. The molecule has 82 heavy (non-hydrogen) atoms. The molecule has 1 unspecified atom stereocenters. The summed E-state index contributed by atoms with van der Waals surface area (Å²) in [5.41, 5.74) is -0.831. The van der Waals surface area contributed by atoms with Gasteiger partial charge in [0.2, 0.25) is 0 Å². The van der Waals surface area contributed by atoms with E-state index in [2.05, 4.69) is 21.9 Å². The van der Waals surface area contributed by atoms with Crippen molar-refractivity contribution in [2.45, 2.75) is 146 Å². The second-order valence-electron chi connectivity index (χ2n) is 19.0. The van der Waals surface area contributed by atoms with Crippen molar-refractivity contribution >= 4 is 10.9 Å². The number of piperidine rings is 3. The molecular formula is C42H32F34N5O+. The third kappa shape index (κ3) is 9.88. The van der Waals surface area contributed by atoms with E-state index < -0.39 is 175 Å². The normalized spacial score (nSPS) is 21.8. The number of fused-ring (bicyclic) bond motifs is 4. The van der Waals surface area contributed by atoms with Crippen LogP contribution in [-0.4, -0.2) is 145 Å². The second-order valence-corrected chi connectivity index (χ2v) is 19.0. The number of quaternary nitrogens is 1. The van der Waals surface area contributed by atoms with E-state index in [1.54, 1.807) is 0 Å². The molecule has 40 heteroatoms. The zero-order valence-corrected chi connectivity index (χ0v) is 39.5. The summed E-state index contributed by atoms with van der Waals surface area (Å²) in [5, 5.41) is 6.44. The van der Waals surface area contributed by atoms with Crippen LogP contribution < -0.4 is 0 Å². The van der Waals surface area contributed by atoms with Crippen LogP contribution in [0.25, 0.3) is 10.9 Å². The maximum Gasteiger partial charge on any atom is 0.460 e. The van der Waals surface area contributed by atoms with Gasteiger partial charge in [-0.25, -0.2) is 0 Å². The van der Waals surface area contributed by atoms with Gasteiger partial charge in [-0.1, -0.05) is 29.5 Å².